The molecule has 0 radical (unpaired) electrons. The highest BCUT2D eigenvalue weighted by Gasteiger charge is 2.12. The summed E-state index contributed by atoms with van der Waals surface area (Å²) >= 11 is 0. The monoisotopic (exact) mass is 484 g/mol. The largest absolute Gasteiger partial charge is 0.494 e. The van der Waals surface area contributed by atoms with Gasteiger partial charge in [-0.2, -0.15) is 0 Å². The fourth-order valence-electron chi connectivity index (χ4n) is 2.51. The van der Waals surface area contributed by atoms with Crippen LogP contribution in [0.25, 0.3) is 0 Å². The van der Waals surface area contributed by atoms with Crippen LogP contribution in [0.5, 0.6) is 5.75 Å². The van der Waals surface area contributed by atoms with E-state index >= 15 is 0 Å². The number of hydrogen-bond donors (Lipinski definition) is 2. The molecular formula is C19H25IN4O3. The Morgan fingerprint density at radius 2 is 1.81 bits per heavy atom. The third-order valence-corrected chi connectivity index (χ3v) is 3.83. The summed E-state index contributed by atoms with van der Waals surface area (Å²) in [5.74, 6) is 1.40. The van der Waals surface area contributed by atoms with Crippen LogP contribution in [0.1, 0.15) is 23.6 Å². The maximum atomic E-state index is 11.1. The Morgan fingerprint density at radius 1 is 1.15 bits per heavy atom. The Morgan fingerprint density at radius 3 is 2.44 bits per heavy atom. The molecule has 0 unspecified atom stereocenters. The van der Waals surface area contributed by atoms with Crippen molar-refractivity contribution in [3.63, 3.8) is 0 Å². The molecule has 2 N–H and O–H groups in total. The first kappa shape index (κ1) is 22.7. The van der Waals surface area contributed by atoms with E-state index in [2.05, 4.69) is 15.6 Å². The second-order valence-electron chi connectivity index (χ2n) is 5.71. The summed E-state index contributed by atoms with van der Waals surface area (Å²) in [6.07, 6.45) is 0. The van der Waals surface area contributed by atoms with Gasteiger partial charge in [0.25, 0.3) is 5.69 Å². The number of nitrogens with one attached hydrogen (secondary N) is 2. The molecule has 2 rings (SSSR count). The van der Waals surface area contributed by atoms with Gasteiger partial charge in [0.05, 0.1) is 11.5 Å². The van der Waals surface area contributed by atoms with Crippen LogP contribution in [-0.4, -0.2) is 24.5 Å². The van der Waals surface area contributed by atoms with Crippen LogP contribution in [-0.2, 0) is 13.1 Å². The lowest BCUT2D eigenvalue weighted by Crippen LogP contribution is -2.36. The summed E-state index contributed by atoms with van der Waals surface area (Å²) in [5, 5.41) is 17.4. The highest BCUT2D eigenvalue weighted by atomic mass is 127. The third kappa shape index (κ3) is 6.70. The molecule has 0 aliphatic heterocycles. The van der Waals surface area contributed by atoms with Gasteiger partial charge in [-0.3, -0.25) is 15.1 Å². The average molecular weight is 484 g/mol. The number of aryl methyl sites for hydroxylation is 1. The number of nitrogens with zero attached hydrogens (tertiary/aromatic N) is 2. The van der Waals surface area contributed by atoms with Crippen molar-refractivity contribution in [3.05, 3.63) is 69.3 Å². The first-order valence-corrected chi connectivity index (χ1v) is 8.44. The second-order valence-corrected chi connectivity index (χ2v) is 5.71. The lowest BCUT2D eigenvalue weighted by atomic mass is 10.1. The summed E-state index contributed by atoms with van der Waals surface area (Å²) in [6.45, 7) is 5.41. The van der Waals surface area contributed by atoms with Crippen LogP contribution in [0, 0.1) is 17.0 Å². The van der Waals surface area contributed by atoms with E-state index in [4.69, 9.17) is 4.74 Å². The summed E-state index contributed by atoms with van der Waals surface area (Å²) in [7, 11) is 1.66. The van der Waals surface area contributed by atoms with E-state index in [9.17, 15) is 10.1 Å². The number of rotatable bonds is 7. The first-order chi connectivity index (χ1) is 12.5. The van der Waals surface area contributed by atoms with Gasteiger partial charge in [0, 0.05) is 37.3 Å². The standard InChI is InChI=1S/C19H24N4O3.HI/c1-4-26-18-11-14(2)9-10-16(18)13-22-19(20-3)21-12-15-7-5-6-8-17(15)23(24)25;/h5-11H,4,12-13H2,1-3H3,(H2,20,21,22);1H. The number of nitro benzene ring substituents is 1. The fraction of sp³-hybridized carbons (Fsp3) is 0.316. The van der Waals surface area contributed by atoms with E-state index in [1.165, 1.54) is 6.07 Å². The summed E-state index contributed by atoms with van der Waals surface area (Å²) < 4.78 is 5.68. The minimum absolute atomic E-state index is 0. The van der Waals surface area contributed by atoms with Gasteiger partial charge in [-0.1, -0.05) is 30.3 Å². The van der Waals surface area contributed by atoms with Crippen LogP contribution < -0.4 is 15.4 Å². The molecule has 0 saturated carbocycles. The number of hydrogen-bond acceptors (Lipinski definition) is 4. The smallest absolute Gasteiger partial charge is 0.274 e. The van der Waals surface area contributed by atoms with Gasteiger partial charge >= 0.3 is 0 Å². The van der Waals surface area contributed by atoms with Crippen molar-refractivity contribution in [2.45, 2.75) is 26.9 Å². The number of guanidine groups is 1. The number of halogens is 1. The number of para-hydroxylation sites is 1. The molecule has 0 aromatic heterocycles. The lowest BCUT2D eigenvalue weighted by Gasteiger charge is -2.15. The van der Waals surface area contributed by atoms with Crippen molar-refractivity contribution >= 4 is 35.6 Å². The number of nitro groups is 1. The Labute approximate surface area is 176 Å². The molecular weight excluding hydrogens is 459 g/mol. The molecule has 0 bridgehead atoms. The van der Waals surface area contributed by atoms with E-state index in [0.717, 1.165) is 16.9 Å². The van der Waals surface area contributed by atoms with Crippen molar-refractivity contribution < 1.29 is 9.66 Å². The Hall–Kier alpha value is -2.36. The lowest BCUT2D eigenvalue weighted by molar-refractivity contribution is -0.385. The maximum Gasteiger partial charge on any atom is 0.274 e. The molecule has 8 heteroatoms. The van der Waals surface area contributed by atoms with E-state index < -0.39 is 0 Å². The number of ether oxygens (including phenoxy) is 1. The highest BCUT2D eigenvalue weighted by Crippen LogP contribution is 2.20. The van der Waals surface area contributed by atoms with Crippen LogP contribution in [0.2, 0.25) is 0 Å². The zero-order valence-electron chi connectivity index (χ0n) is 15.7. The van der Waals surface area contributed by atoms with Crippen LogP contribution in [0.15, 0.2) is 47.5 Å². The Balaban J connectivity index is 0.00000364. The normalized spacial score (nSPS) is 10.7. The highest BCUT2D eigenvalue weighted by molar-refractivity contribution is 14.0. The van der Waals surface area contributed by atoms with Crippen LogP contribution in [0.4, 0.5) is 5.69 Å². The van der Waals surface area contributed by atoms with Crippen molar-refractivity contribution in [2.75, 3.05) is 13.7 Å². The molecule has 27 heavy (non-hydrogen) atoms. The van der Waals surface area contributed by atoms with Crippen LogP contribution in [0.3, 0.4) is 0 Å². The maximum absolute atomic E-state index is 11.1. The quantitative estimate of drug-likeness (QED) is 0.205. The van der Waals surface area contributed by atoms with Gasteiger partial charge in [-0.15, -0.1) is 24.0 Å². The number of aliphatic imine (C=N–C) groups is 1. The predicted octanol–water partition coefficient (Wildman–Crippen LogP) is 3.79. The van der Waals surface area contributed by atoms with Crippen molar-refractivity contribution in [1.82, 2.24) is 10.6 Å². The Bertz CT molecular complexity index is 796. The SMILES string of the molecule is CCOc1cc(C)ccc1CNC(=NC)NCc1ccccc1[N+](=O)[O-].I. The van der Waals surface area contributed by atoms with Crippen molar-refractivity contribution in [3.8, 4) is 5.75 Å². The first-order valence-electron chi connectivity index (χ1n) is 8.44. The molecule has 2 aromatic rings. The molecule has 7 nitrogen and oxygen atoms in total. The minimum Gasteiger partial charge on any atom is -0.494 e. The van der Waals surface area contributed by atoms with Gasteiger partial charge in [0.15, 0.2) is 5.96 Å². The molecule has 0 atom stereocenters. The van der Waals surface area contributed by atoms with E-state index in [-0.39, 0.29) is 34.6 Å². The zero-order valence-corrected chi connectivity index (χ0v) is 18.0. The molecule has 0 saturated heterocycles. The van der Waals surface area contributed by atoms with Gasteiger partial charge in [0.1, 0.15) is 5.75 Å². The molecule has 146 valence electrons. The van der Waals surface area contributed by atoms with E-state index in [0.29, 0.717) is 31.2 Å². The number of benzene rings is 2. The van der Waals surface area contributed by atoms with Crippen molar-refractivity contribution in [2.24, 2.45) is 4.99 Å². The van der Waals surface area contributed by atoms with Gasteiger partial charge < -0.3 is 15.4 Å². The van der Waals surface area contributed by atoms with Gasteiger partial charge in [-0.05, 0) is 25.5 Å². The second kappa shape index (κ2) is 11.4. The molecule has 2 aromatic carbocycles. The molecule has 0 aliphatic rings. The zero-order chi connectivity index (χ0) is 18.9. The summed E-state index contributed by atoms with van der Waals surface area (Å²) in [4.78, 5) is 14.9. The summed E-state index contributed by atoms with van der Waals surface area (Å²) in [6, 6.07) is 12.7. The van der Waals surface area contributed by atoms with Crippen LogP contribution >= 0.6 is 24.0 Å². The molecule has 0 aliphatic carbocycles. The van der Waals surface area contributed by atoms with Crippen molar-refractivity contribution in [1.29, 1.82) is 0 Å². The summed E-state index contributed by atoms with van der Waals surface area (Å²) in [5.41, 5.74) is 2.85. The topological polar surface area (TPSA) is 88.8 Å². The van der Waals surface area contributed by atoms with E-state index in [1.807, 2.05) is 32.0 Å². The molecule has 0 amide bonds. The van der Waals surface area contributed by atoms with Gasteiger partial charge in [-0.25, -0.2) is 0 Å². The van der Waals surface area contributed by atoms with E-state index in [1.54, 1.807) is 25.2 Å². The van der Waals surface area contributed by atoms with Gasteiger partial charge in [0.2, 0.25) is 0 Å². The predicted molar refractivity (Wildman–Crippen MR) is 118 cm³/mol. The third-order valence-electron chi connectivity index (χ3n) is 3.83. The minimum atomic E-state index is -0.381. The Kier molecular flexibility index (Phi) is 9.55. The average Bonchev–Trinajstić information content (AvgIpc) is 2.63. The molecule has 0 spiro atoms. The fourth-order valence-corrected chi connectivity index (χ4v) is 2.51. The molecule has 0 heterocycles. The molecule has 0 fully saturated rings.